The lowest BCUT2D eigenvalue weighted by Gasteiger charge is -2.40. The van der Waals surface area contributed by atoms with E-state index in [-0.39, 0.29) is 36.0 Å². The van der Waals surface area contributed by atoms with Crippen molar-refractivity contribution in [3.05, 3.63) is 69.5 Å². The second kappa shape index (κ2) is 11.5. The fourth-order valence-electron chi connectivity index (χ4n) is 6.89. The van der Waals surface area contributed by atoms with E-state index in [2.05, 4.69) is 22.2 Å². The third-order valence-corrected chi connectivity index (χ3v) is 9.70. The van der Waals surface area contributed by atoms with Gasteiger partial charge in [-0.3, -0.25) is 0 Å². The zero-order valence-electron chi connectivity index (χ0n) is 25.0. The Kier molecular flexibility index (Phi) is 7.61. The van der Waals surface area contributed by atoms with Crippen LogP contribution < -0.4 is 4.90 Å². The van der Waals surface area contributed by atoms with Gasteiger partial charge in [-0.15, -0.1) is 0 Å². The van der Waals surface area contributed by atoms with Crippen molar-refractivity contribution in [2.75, 3.05) is 11.5 Å². The zero-order chi connectivity index (χ0) is 30.7. The number of esters is 2. The molecule has 1 unspecified atom stereocenters. The number of fused-ring (bicyclic) bond motifs is 3. The number of anilines is 1. The fourth-order valence-corrected chi connectivity index (χ4v) is 7.47. The molecule has 0 amide bonds. The van der Waals surface area contributed by atoms with Crippen LogP contribution in [0.5, 0.6) is 0 Å². The van der Waals surface area contributed by atoms with Crippen LogP contribution in [0.3, 0.4) is 0 Å². The van der Waals surface area contributed by atoms with Crippen LogP contribution in [0.4, 0.5) is 5.69 Å². The first-order valence-electron chi connectivity index (χ1n) is 15.4. The monoisotopic (exact) mass is 635 g/mol. The van der Waals surface area contributed by atoms with Gasteiger partial charge in [0.2, 0.25) is 0 Å². The number of nitrogens with zero attached hydrogens (tertiary/aromatic N) is 3. The molecule has 2 saturated heterocycles. The average molecular weight is 637 g/mol. The summed E-state index contributed by atoms with van der Waals surface area (Å²) in [4.78, 5) is 29.0. The van der Waals surface area contributed by atoms with E-state index in [1.54, 1.807) is 18.2 Å². The van der Waals surface area contributed by atoms with Gasteiger partial charge >= 0.3 is 11.9 Å². The number of aryl methyl sites for hydroxylation is 1. The maximum atomic E-state index is 13.8. The Morgan fingerprint density at radius 2 is 1.73 bits per heavy atom. The molecule has 3 atom stereocenters. The van der Waals surface area contributed by atoms with Gasteiger partial charge in [-0.1, -0.05) is 48.3 Å². The summed E-state index contributed by atoms with van der Waals surface area (Å²) in [6, 6.07) is 12.0. The molecule has 1 aliphatic carbocycles. The van der Waals surface area contributed by atoms with E-state index in [1.807, 2.05) is 37.7 Å². The Hall–Kier alpha value is -3.49. The van der Waals surface area contributed by atoms with Gasteiger partial charge in [-0.2, -0.15) is 0 Å². The number of ether oxygens (including phenoxy) is 2. The highest BCUT2D eigenvalue weighted by molar-refractivity contribution is 6.39. The van der Waals surface area contributed by atoms with Gasteiger partial charge in [0.1, 0.15) is 17.4 Å². The van der Waals surface area contributed by atoms with E-state index in [1.165, 1.54) is 0 Å². The number of carbonyl (C=O) groups excluding carboxylic acids is 2. The molecule has 8 nitrogen and oxygen atoms in total. The summed E-state index contributed by atoms with van der Waals surface area (Å²) < 4.78 is 19.4. The predicted octanol–water partition coefficient (Wildman–Crippen LogP) is 8.19. The van der Waals surface area contributed by atoms with Gasteiger partial charge in [0, 0.05) is 60.7 Å². The normalized spacial score (nSPS) is 21.3. The quantitative estimate of drug-likeness (QED) is 0.180. The standard InChI is InChI=1S/C34H35Cl2N3O5/c1-18(2)17-42-33(40)25-16-38(3)28-15-22(11-12-24(25)28)39-20-9-10-21(39)14-23(13-20)43-34(41)30-31(37-44-32(30)19-7-8-19)29-26(35)5-4-6-27(29)36/h4-6,11-12,15-16,18-21,23H,7-10,13-14,17H2,1-3H3/t20-,21+,23?. The summed E-state index contributed by atoms with van der Waals surface area (Å²) in [7, 11) is 1.95. The molecule has 10 heteroatoms. The van der Waals surface area contributed by atoms with Crippen molar-refractivity contribution < 1.29 is 23.6 Å². The first-order chi connectivity index (χ1) is 21.2. The van der Waals surface area contributed by atoms with Crippen molar-refractivity contribution in [3.8, 4) is 11.3 Å². The van der Waals surface area contributed by atoms with Gasteiger partial charge in [-0.05, 0) is 61.9 Å². The lowest BCUT2D eigenvalue weighted by molar-refractivity contribution is 0.0202. The molecular formula is C34H35Cl2N3O5. The number of rotatable bonds is 8. The third-order valence-electron chi connectivity index (χ3n) is 9.07. The van der Waals surface area contributed by atoms with Crippen LogP contribution in [-0.4, -0.2) is 46.5 Å². The van der Waals surface area contributed by atoms with Crippen LogP contribution in [-0.2, 0) is 16.5 Å². The van der Waals surface area contributed by atoms with Gasteiger partial charge < -0.3 is 23.5 Å². The molecule has 44 heavy (non-hydrogen) atoms. The fraction of sp³-hybridized carbons (Fsp3) is 0.441. The molecule has 0 N–H and O–H groups in total. The summed E-state index contributed by atoms with van der Waals surface area (Å²) in [5, 5.41) is 5.95. The summed E-state index contributed by atoms with van der Waals surface area (Å²) in [6.45, 7) is 4.44. The Morgan fingerprint density at radius 1 is 1.02 bits per heavy atom. The molecule has 2 aliphatic heterocycles. The van der Waals surface area contributed by atoms with Crippen molar-refractivity contribution in [1.82, 2.24) is 9.72 Å². The minimum absolute atomic E-state index is 0.156. The van der Waals surface area contributed by atoms with E-state index in [0.717, 1.165) is 55.1 Å². The summed E-state index contributed by atoms with van der Waals surface area (Å²) in [5.74, 6) is 0.266. The van der Waals surface area contributed by atoms with Gasteiger partial charge in [0.25, 0.3) is 0 Å². The van der Waals surface area contributed by atoms with E-state index < -0.39 is 5.97 Å². The summed E-state index contributed by atoms with van der Waals surface area (Å²) in [5.41, 5.74) is 3.85. The van der Waals surface area contributed by atoms with E-state index >= 15 is 0 Å². The molecule has 230 valence electrons. The topological polar surface area (TPSA) is 86.8 Å². The van der Waals surface area contributed by atoms with Gasteiger partial charge in [0.05, 0.1) is 27.7 Å². The predicted molar refractivity (Wildman–Crippen MR) is 170 cm³/mol. The van der Waals surface area contributed by atoms with Gasteiger partial charge in [0.15, 0.2) is 5.76 Å². The summed E-state index contributed by atoms with van der Waals surface area (Å²) in [6.07, 6.45) is 7.02. The highest BCUT2D eigenvalue weighted by Crippen LogP contribution is 2.47. The minimum Gasteiger partial charge on any atom is -0.462 e. The Bertz CT molecular complexity index is 1720. The summed E-state index contributed by atoms with van der Waals surface area (Å²) >= 11 is 13.0. The van der Waals surface area contributed by atoms with Gasteiger partial charge in [-0.25, -0.2) is 9.59 Å². The highest BCUT2D eigenvalue weighted by atomic mass is 35.5. The molecular weight excluding hydrogens is 601 g/mol. The smallest absolute Gasteiger partial charge is 0.344 e. The van der Waals surface area contributed by atoms with E-state index in [0.29, 0.717) is 44.8 Å². The van der Waals surface area contributed by atoms with Crippen molar-refractivity contribution >= 4 is 51.7 Å². The van der Waals surface area contributed by atoms with Crippen LogP contribution in [0, 0.1) is 5.92 Å². The Balaban J connectivity index is 1.10. The molecule has 2 aromatic carbocycles. The van der Waals surface area contributed by atoms with Crippen molar-refractivity contribution in [2.45, 2.75) is 76.5 Å². The van der Waals surface area contributed by atoms with E-state index in [4.69, 9.17) is 37.2 Å². The molecule has 7 rings (SSSR count). The molecule has 0 radical (unpaired) electrons. The van der Waals surface area contributed by atoms with Crippen molar-refractivity contribution in [2.24, 2.45) is 13.0 Å². The number of benzene rings is 2. The molecule has 2 aromatic heterocycles. The third kappa shape index (κ3) is 5.26. The van der Waals surface area contributed by atoms with Crippen LogP contribution in [0.15, 0.2) is 47.1 Å². The largest absolute Gasteiger partial charge is 0.462 e. The molecule has 4 heterocycles. The number of halogens is 2. The second-order valence-corrected chi connectivity index (χ2v) is 13.6. The SMILES string of the molecule is CC(C)COC(=O)c1cn(C)c2cc(N3[C@@H]4CC[C@H]3CC(OC(=O)c3c(-c5c(Cl)cccc5Cl)noc3C3CC3)C4)ccc12. The first kappa shape index (κ1) is 29.2. The molecule has 0 spiro atoms. The van der Waals surface area contributed by atoms with Crippen LogP contribution in [0.1, 0.15) is 84.8 Å². The Morgan fingerprint density at radius 3 is 2.39 bits per heavy atom. The lowest BCUT2D eigenvalue weighted by atomic mass is 9.98. The minimum atomic E-state index is -0.431. The number of hydrogen-bond acceptors (Lipinski definition) is 7. The zero-order valence-corrected chi connectivity index (χ0v) is 26.5. The van der Waals surface area contributed by atoms with Crippen molar-refractivity contribution in [3.63, 3.8) is 0 Å². The number of carbonyl (C=O) groups is 2. The van der Waals surface area contributed by atoms with Crippen LogP contribution >= 0.6 is 23.2 Å². The molecule has 3 fully saturated rings. The Labute approximate surface area is 266 Å². The number of hydrogen-bond donors (Lipinski definition) is 0. The molecule has 4 aromatic rings. The second-order valence-electron chi connectivity index (χ2n) is 12.8. The highest BCUT2D eigenvalue weighted by Gasteiger charge is 2.44. The maximum absolute atomic E-state index is 13.8. The van der Waals surface area contributed by atoms with E-state index in [9.17, 15) is 9.59 Å². The van der Waals surface area contributed by atoms with Crippen LogP contribution in [0.2, 0.25) is 10.0 Å². The molecule has 1 saturated carbocycles. The van der Waals surface area contributed by atoms with Crippen molar-refractivity contribution in [1.29, 1.82) is 0 Å². The molecule has 3 aliphatic rings. The van der Waals surface area contributed by atoms with Crippen LogP contribution in [0.25, 0.3) is 22.2 Å². The average Bonchev–Trinajstić information content (AvgIpc) is 3.57. The number of piperidine rings is 1. The maximum Gasteiger partial charge on any atom is 0.344 e. The first-order valence-corrected chi connectivity index (χ1v) is 16.1. The number of aromatic nitrogens is 2. The lowest BCUT2D eigenvalue weighted by Crippen LogP contribution is -2.46. The molecule has 2 bridgehead atoms.